The number of carbonyl (C=O) groups excluding carboxylic acids is 1. The van der Waals surface area contributed by atoms with Crippen LogP contribution in [0.2, 0.25) is 5.02 Å². The molecule has 1 heterocycles. The molecule has 0 aliphatic carbocycles. The molecule has 1 atom stereocenters. The van der Waals surface area contributed by atoms with Crippen LogP contribution in [-0.4, -0.2) is 46.3 Å². The molecule has 2 N–H and O–H groups in total. The van der Waals surface area contributed by atoms with Gasteiger partial charge in [-0.25, -0.2) is 9.48 Å². The highest BCUT2D eigenvalue weighted by Crippen LogP contribution is 2.26. The van der Waals surface area contributed by atoms with Crippen LogP contribution < -0.4 is 10.1 Å². The third-order valence-electron chi connectivity index (χ3n) is 4.36. The van der Waals surface area contributed by atoms with E-state index in [-0.39, 0.29) is 0 Å². The van der Waals surface area contributed by atoms with Gasteiger partial charge in [-0.15, -0.1) is 0 Å². The van der Waals surface area contributed by atoms with Crippen LogP contribution in [0.15, 0.2) is 54.6 Å². The maximum absolute atomic E-state index is 11.5. The molecule has 0 fully saturated rings. The van der Waals surface area contributed by atoms with E-state index in [1.807, 2.05) is 54.6 Å². The van der Waals surface area contributed by atoms with Crippen LogP contribution in [0.5, 0.6) is 5.75 Å². The Morgan fingerprint density at radius 1 is 1.23 bits per heavy atom. The summed E-state index contributed by atoms with van der Waals surface area (Å²) in [4.78, 5) is 11.5. The molecule has 154 valence electrons. The van der Waals surface area contributed by atoms with Gasteiger partial charge in [0.25, 0.3) is 0 Å². The zero-order valence-corrected chi connectivity index (χ0v) is 17.5. The fraction of sp³-hybridized carbons (Fsp3) is 0.182. The number of rotatable bonds is 4. The summed E-state index contributed by atoms with van der Waals surface area (Å²) in [6.07, 6.45) is 0. The molecule has 2 amide bonds. The summed E-state index contributed by atoms with van der Waals surface area (Å²) >= 11 is 6.03. The quantitative estimate of drug-likeness (QED) is 0.377. The van der Waals surface area contributed by atoms with Crippen molar-refractivity contribution in [3.8, 4) is 34.5 Å². The number of halogens is 1. The molecule has 0 aliphatic rings. The largest absolute Gasteiger partial charge is 0.497 e. The van der Waals surface area contributed by atoms with Crippen molar-refractivity contribution >= 4 is 17.6 Å². The highest BCUT2D eigenvalue weighted by molar-refractivity contribution is 6.30. The minimum absolute atomic E-state index is 0.493. The average Bonchev–Trinajstić information content (AvgIpc) is 3.21. The van der Waals surface area contributed by atoms with Gasteiger partial charge in [-0.1, -0.05) is 29.7 Å². The Morgan fingerprint density at radius 2 is 1.90 bits per heavy atom. The van der Waals surface area contributed by atoms with Gasteiger partial charge in [0.2, 0.25) is 0 Å². The lowest BCUT2D eigenvalue weighted by atomic mass is 10.1. The summed E-state index contributed by atoms with van der Waals surface area (Å²) in [6, 6.07) is 15.4. The summed E-state index contributed by atoms with van der Waals surface area (Å²) < 4.78 is 7.00. The van der Waals surface area contributed by atoms with Crippen molar-refractivity contribution in [3.63, 3.8) is 0 Å². The van der Waals surface area contributed by atoms with Gasteiger partial charge in [0, 0.05) is 23.7 Å². The van der Waals surface area contributed by atoms with E-state index < -0.39 is 12.1 Å². The van der Waals surface area contributed by atoms with E-state index in [0.29, 0.717) is 15.8 Å². The number of carbonyl (C=O) groups is 1. The molecule has 8 heteroatoms. The van der Waals surface area contributed by atoms with E-state index in [0.717, 1.165) is 22.7 Å². The molecule has 0 saturated carbocycles. The van der Waals surface area contributed by atoms with Crippen molar-refractivity contribution in [3.05, 3.63) is 65.3 Å². The first-order valence-electron chi connectivity index (χ1n) is 9.14. The van der Waals surface area contributed by atoms with Crippen LogP contribution in [0.3, 0.4) is 0 Å². The number of ether oxygens (including phenoxy) is 1. The Kier molecular flexibility index (Phi) is 6.62. The van der Waals surface area contributed by atoms with E-state index in [1.165, 1.54) is 7.05 Å². The summed E-state index contributed by atoms with van der Waals surface area (Å²) in [5.74, 6) is 6.50. The Hall–Kier alpha value is -3.47. The Balaban J connectivity index is 2.01. The van der Waals surface area contributed by atoms with E-state index in [2.05, 4.69) is 22.3 Å². The maximum Gasteiger partial charge on any atom is 0.342 e. The number of methoxy groups -OCH3 is 1. The molecule has 0 radical (unpaired) electrons. The zero-order chi connectivity index (χ0) is 21.7. The van der Waals surface area contributed by atoms with Crippen LogP contribution in [0.1, 0.15) is 12.6 Å². The minimum Gasteiger partial charge on any atom is -0.497 e. The molecule has 7 nitrogen and oxygen atoms in total. The van der Waals surface area contributed by atoms with Crippen LogP contribution in [0.4, 0.5) is 4.79 Å². The summed E-state index contributed by atoms with van der Waals surface area (Å²) in [6.45, 7) is 1.61. The number of hydrogen-bond donors (Lipinski definition) is 2. The summed E-state index contributed by atoms with van der Waals surface area (Å²) in [5, 5.41) is 17.9. The predicted octanol–water partition coefficient (Wildman–Crippen LogP) is 3.97. The number of hydroxylamine groups is 2. The van der Waals surface area contributed by atoms with Gasteiger partial charge >= 0.3 is 6.03 Å². The van der Waals surface area contributed by atoms with Crippen LogP contribution in [0.25, 0.3) is 16.9 Å². The molecular formula is C22H21ClN4O3. The number of hydrogen-bond acceptors (Lipinski definition) is 4. The van der Waals surface area contributed by atoms with Crippen molar-refractivity contribution < 1.29 is 14.7 Å². The van der Waals surface area contributed by atoms with Gasteiger partial charge < -0.3 is 10.1 Å². The standard InChI is InChI=1S/C22H21ClN4O3/c1-15(27(29)22(28)24-2)4-9-18-14-21(16-5-7-17(23)8-6-16)26(25-18)19-10-12-20(30-3)13-11-19/h5-8,10-15,29H,1-3H3,(H,24,28). The number of amides is 2. The Morgan fingerprint density at radius 3 is 2.50 bits per heavy atom. The maximum atomic E-state index is 11.5. The Labute approximate surface area is 179 Å². The van der Waals surface area contributed by atoms with Crippen molar-refractivity contribution in [1.82, 2.24) is 20.2 Å². The predicted molar refractivity (Wildman–Crippen MR) is 115 cm³/mol. The molecular weight excluding hydrogens is 404 g/mol. The summed E-state index contributed by atoms with van der Waals surface area (Å²) in [7, 11) is 3.04. The van der Waals surface area contributed by atoms with E-state index in [1.54, 1.807) is 18.7 Å². The number of nitrogens with one attached hydrogen (secondary N) is 1. The molecule has 0 aliphatic heterocycles. The number of nitrogens with zero attached hydrogens (tertiary/aromatic N) is 3. The monoisotopic (exact) mass is 424 g/mol. The first-order chi connectivity index (χ1) is 14.4. The average molecular weight is 425 g/mol. The second-order valence-corrected chi connectivity index (χ2v) is 6.81. The molecule has 1 aromatic heterocycles. The van der Waals surface area contributed by atoms with Crippen molar-refractivity contribution in [2.45, 2.75) is 13.0 Å². The van der Waals surface area contributed by atoms with Gasteiger partial charge in [-0.2, -0.15) is 10.2 Å². The van der Waals surface area contributed by atoms with Gasteiger partial charge in [-0.3, -0.25) is 5.21 Å². The van der Waals surface area contributed by atoms with Crippen LogP contribution in [0, 0.1) is 11.8 Å². The topological polar surface area (TPSA) is 79.6 Å². The van der Waals surface area contributed by atoms with E-state index in [4.69, 9.17) is 16.3 Å². The smallest absolute Gasteiger partial charge is 0.342 e. The fourth-order valence-electron chi connectivity index (χ4n) is 2.72. The minimum atomic E-state index is -0.713. The highest BCUT2D eigenvalue weighted by Gasteiger charge is 2.15. The number of urea groups is 1. The molecule has 0 spiro atoms. The van der Waals surface area contributed by atoms with Crippen molar-refractivity contribution in [2.24, 2.45) is 0 Å². The lowest BCUT2D eigenvalue weighted by Gasteiger charge is -2.16. The van der Waals surface area contributed by atoms with Gasteiger partial charge in [0.1, 0.15) is 17.5 Å². The first kappa shape index (κ1) is 21.2. The third kappa shape index (κ3) is 4.74. The Bertz CT molecular complexity index is 1080. The zero-order valence-electron chi connectivity index (χ0n) is 16.8. The third-order valence-corrected chi connectivity index (χ3v) is 4.62. The molecule has 0 bridgehead atoms. The fourth-order valence-corrected chi connectivity index (χ4v) is 2.84. The van der Waals surface area contributed by atoms with Crippen LogP contribution >= 0.6 is 11.6 Å². The van der Waals surface area contributed by atoms with Gasteiger partial charge in [-0.05, 0) is 49.2 Å². The number of benzene rings is 2. The molecule has 1 unspecified atom stereocenters. The molecule has 30 heavy (non-hydrogen) atoms. The first-order valence-corrected chi connectivity index (χ1v) is 9.52. The van der Waals surface area contributed by atoms with Crippen LogP contribution in [-0.2, 0) is 0 Å². The van der Waals surface area contributed by atoms with Gasteiger partial charge in [0.05, 0.1) is 18.5 Å². The SMILES string of the molecule is CNC(=O)N(O)C(C)C#Cc1cc(-c2ccc(Cl)cc2)n(-c2ccc(OC)cc2)n1. The van der Waals surface area contributed by atoms with E-state index in [9.17, 15) is 10.0 Å². The second kappa shape index (κ2) is 9.35. The normalized spacial score (nSPS) is 11.2. The van der Waals surface area contributed by atoms with Crippen molar-refractivity contribution in [1.29, 1.82) is 0 Å². The lowest BCUT2D eigenvalue weighted by molar-refractivity contribution is -0.0566. The molecule has 3 rings (SSSR count). The number of aromatic nitrogens is 2. The molecule has 0 saturated heterocycles. The lowest BCUT2D eigenvalue weighted by Crippen LogP contribution is -2.40. The highest BCUT2D eigenvalue weighted by atomic mass is 35.5. The van der Waals surface area contributed by atoms with E-state index >= 15 is 0 Å². The molecule has 2 aromatic carbocycles. The second-order valence-electron chi connectivity index (χ2n) is 6.38. The summed E-state index contributed by atoms with van der Waals surface area (Å²) in [5.41, 5.74) is 3.06. The molecule has 3 aromatic rings. The van der Waals surface area contributed by atoms with Gasteiger partial charge in [0.15, 0.2) is 0 Å². The van der Waals surface area contributed by atoms with Crippen molar-refractivity contribution in [2.75, 3.05) is 14.2 Å².